The molecule has 6 nitrogen and oxygen atoms in total. The molecular weight excluding hydrogens is 322 g/mol. The summed E-state index contributed by atoms with van der Waals surface area (Å²) in [4.78, 5) is 21.8. The Morgan fingerprint density at radius 1 is 1.19 bits per heavy atom. The molecule has 1 aromatic rings. The van der Waals surface area contributed by atoms with Gasteiger partial charge in [0.1, 0.15) is 11.9 Å². The average molecular weight is 331 g/mol. The van der Waals surface area contributed by atoms with Gasteiger partial charge >= 0.3 is 64.9 Å². The Morgan fingerprint density at radius 3 is 2.19 bits per heavy atom. The van der Waals surface area contributed by atoms with Gasteiger partial charge in [0.2, 0.25) is 0 Å². The van der Waals surface area contributed by atoms with E-state index in [0.717, 1.165) is 5.56 Å². The van der Waals surface area contributed by atoms with Gasteiger partial charge in [-0.2, -0.15) is 0 Å². The Hall–Kier alpha value is 0.0500. The van der Waals surface area contributed by atoms with E-state index in [2.05, 4.69) is 0 Å². The van der Waals surface area contributed by atoms with Crippen molar-refractivity contribution in [2.24, 2.45) is 0 Å². The Morgan fingerprint density at radius 2 is 1.71 bits per heavy atom. The van der Waals surface area contributed by atoms with E-state index in [9.17, 15) is 19.8 Å². The third-order valence-electron chi connectivity index (χ3n) is 2.57. The minimum Gasteiger partial charge on any atom is -0.542 e. The summed E-state index contributed by atoms with van der Waals surface area (Å²) in [6.07, 6.45) is 0.516. The first-order valence-electron chi connectivity index (χ1n) is 5.43. The number of carboxylic acids is 2. The number of ether oxygens (including phenoxy) is 2. The quantitative estimate of drug-likeness (QED) is 0.309. The molecule has 1 aromatic carbocycles. The van der Waals surface area contributed by atoms with Gasteiger partial charge in [0.25, 0.3) is 0 Å². The van der Waals surface area contributed by atoms with Gasteiger partial charge in [-0.25, -0.2) is 0 Å². The molecule has 0 saturated carbocycles. The molecule has 0 spiro atoms. The number of aliphatic carboxylic acids is 2. The van der Waals surface area contributed by atoms with Crippen LogP contribution in [0.15, 0.2) is 18.2 Å². The van der Waals surface area contributed by atoms with E-state index < -0.39 is 17.7 Å². The maximum absolute atomic E-state index is 10.9. The number of carboxylic acid groups (broad SMARTS) is 2. The molecule has 1 atom stereocenters. The van der Waals surface area contributed by atoms with E-state index >= 15 is 0 Å². The number of halogens is 1. The molecule has 0 aromatic heterocycles. The van der Waals surface area contributed by atoms with Gasteiger partial charge in [-0.3, -0.25) is 0 Å². The summed E-state index contributed by atoms with van der Waals surface area (Å²) in [7, 11) is 0. The monoisotopic (exact) mass is 330 g/mol. The molecular formula is C12H9ClNa2O6. The van der Waals surface area contributed by atoms with Gasteiger partial charge in [0, 0.05) is 5.38 Å². The fourth-order valence-corrected chi connectivity index (χ4v) is 1.93. The average Bonchev–Trinajstić information content (AvgIpc) is 2.68. The van der Waals surface area contributed by atoms with Gasteiger partial charge in [-0.15, -0.1) is 11.6 Å². The SMILES string of the molecule is C[C@H](Cl)Cc1ccc2c(c1)OC(C(=O)[O-])(C(=O)[O-])O2.[Na+].[Na+]. The predicted molar refractivity (Wildman–Crippen MR) is 59.5 cm³/mol. The van der Waals surface area contributed by atoms with Crippen molar-refractivity contribution < 1.29 is 88.4 Å². The normalized spacial score (nSPS) is 15.3. The van der Waals surface area contributed by atoms with Gasteiger partial charge in [0.15, 0.2) is 11.5 Å². The standard InChI is InChI=1S/C12H11ClO6.2Na/c1-6(13)4-7-2-3-8-9(5-7)19-12(18-8,10(14)15)11(16)17;;/h2-3,5-6H,4H2,1H3,(H,14,15)(H,16,17);;/q;2*+1/p-2/t6-;;/m0../s1. The molecule has 1 aliphatic heterocycles. The van der Waals surface area contributed by atoms with Crippen LogP contribution in [-0.2, 0) is 16.0 Å². The summed E-state index contributed by atoms with van der Waals surface area (Å²) >= 11 is 5.84. The molecule has 0 amide bonds. The minimum absolute atomic E-state index is 0. The van der Waals surface area contributed by atoms with Crippen LogP contribution in [0.3, 0.4) is 0 Å². The molecule has 0 aliphatic carbocycles. The summed E-state index contributed by atoms with van der Waals surface area (Å²) in [5.74, 6) is -7.00. The number of alkyl halides is 1. The fourth-order valence-electron chi connectivity index (χ4n) is 1.75. The Kier molecular flexibility index (Phi) is 8.08. The van der Waals surface area contributed by atoms with Crippen molar-refractivity contribution in [2.45, 2.75) is 24.5 Å². The Labute approximate surface area is 170 Å². The zero-order valence-electron chi connectivity index (χ0n) is 11.8. The number of carbonyl (C=O) groups is 2. The molecule has 2 rings (SSSR count). The van der Waals surface area contributed by atoms with Crippen LogP contribution in [0.25, 0.3) is 0 Å². The first kappa shape index (κ1) is 21.0. The number of hydrogen-bond acceptors (Lipinski definition) is 6. The van der Waals surface area contributed by atoms with Crippen molar-refractivity contribution in [3.63, 3.8) is 0 Å². The van der Waals surface area contributed by atoms with Crippen LogP contribution in [0.2, 0.25) is 0 Å². The van der Waals surface area contributed by atoms with Crippen molar-refractivity contribution in [3.05, 3.63) is 23.8 Å². The number of fused-ring (bicyclic) bond motifs is 1. The van der Waals surface area contributed by atoms with E-state index in [0.29, 0.717) is 6.42 Å². The third kappa shape index (κ3) is 4.28. The van der Waals surface area contributed by atoms with Gasteiger partial charge in [-0.05, 0) is 31.0 Å². The molecule has 9 heteroatoms. The first-order chi connectivity index (χ1) is 8.85. The summed E-state index contributed by atoms with van der Waals surface area (Å²) in [6, 6.07) is 4.53. The van der Waals surface area contributed by atoms with Crippen LogP contribution in [-0.4, -0.2) is 23.1 Å². The molecule has 0 unspecified atom stereocenters. The first-order valence-corrected chi connectivity index (χ1v) is 5.86. The summed E-state index contributed by atoms with van der Waals surface area (Å²) in [5, 5.41) is 21.7. The van der Waals surface area contributed by atoms with E-state index in [4.69, 9.17) is 21.1 Å². The van der Waals surface area contributed by atoms with Gasteiger partial charge in [0.05, 0.1) is 0 Å². The molecule has 1 heterocycles. The second-order valence-electron chi connectivity index (χ2n) is 4.16. The Bertz CT molecular complexity index is 535. The largest absolute Gasteiger partial charge is 1.00 e. The van der Waals surface area contributed by atoms with Crippen molar-refractivity contribution in [1.29, 1.82) is 0 Å². The third-order valence-corrected chi connectivity index (χ3v) is 2.72. The van der Waals surface area contributed by atoms with Crippen LogP contribution in [0, 0.1) is 0 Å². The van der Waals surface area contributed by atoms with Gasteiger partial charge in [-0.1, -0.05) is 6.07 Å². The molecule has 1 aliphatic rings. The molecule has 0 N–H and O–H groups in total. The number of carbonyl (C=O) groups excluding carboxylic acids is 2. The van der Waals surface area contributed by atoms with Crippen LogP contribution >= 0.6 is 11.6 Å². The molecule has 0 radical (unpaired) electrons. The number of rotatable bonds is 4. The molecule has 0 saturated heterocycles. The molecule has 21 heavy (non-hydrogen) atoms. The zero-order valence-corrected chi connectivity index (χ0v) is 16.6. The predicted octanol–water partition coefficient (Wildman–Crippen LogP) is -7.17. The second-order valence-corrected chi connectivity index (χ2v) is 4.91. The summed E-state index contributed by atoms with van der Waals surface area (Å²) in [5.41, 5.74) is 0.761. The second kappa shape index (κ2) is 8.06. The minimum atomic E-state index is -2.94. The topological polar surface area (TPSA) is 98.7 Å². The maximum Gasteiger partial charge on any atom is 1.00 e. The van der Waals surface area contributed by atoms with Crippen LogP contribution in [0.5, 0.6) is 11.5 Å². The van der Waals surface area contributed by atoms with E-state index in [1.54, 1.807) is 13.0 Å². The number of benzene rings is 1. The van der Waals surface area contributed by atoms with Crippen molar-refractivity contribution >= 4 is 23.5 Å². The summed E-state index contributed by atoms with van der Waals surface area (Å²) < 4.78 is 9.65. The zero-order chi connectivity index (χ0) is 14.2. The smallest absolute Gasteiger partial charge is 0.542 e. The molecule has 0 fully saturated rings. The van der Waals surface area contributed by atoms with Crippen molar-refractivity contribution in [1.82, 2.24) is 0 Å². The van der Waals surface area contributed by atoms with E-state index in [-0.39, 0.29) is 76.0 Å². The maximum atomic E-state index is 10.9. The Balaban J connectivity index is 0.00000200. The fraction of sp³-hybridized carbons (Fsp3) is 0.333. The van der Waals surface area contributed by atoms with Crippen LogP contribution < -0.4 is 78.8 Å². The van der Waals surface area contributed by atoms with Crippen molar-refractivity contribution in [2.75, 3.05) is 0 Å². The molecule has 102 valence electrons. The molecule has 0 bridgehead atoms. The van der Waals surface area contributed by atoms with Crippen LogP contribution in [0.1, 0.15) is 12.5 Å². The van der Waals surface area contributed by atoms with Crippen molar-refractivity contribution in [3.8, 4) is 11.5 Å². The summed E-state index contributed by atoms with van der Waals surface area (Å²) in [6.45, 7) is 1.79. The van der Waals surface area contributed by atoms with E-state index in [1.165, 1.54) is 12.1 Å². The van der Waals surface area contributed by atoms with E-state index in [1.807, 2.05) is 0 Å². The van der Waals surface area contributed by atoms with Gasteiger partial charge < -0.3 is 29.3 Å². The van der Waals surface area contributed by atoms with Crippen LogP contribution in [0.4, 0.5) is 0 Å². The number of hydrogen-bond donors (Lipinski definition) is 0.